The molecule has 0 fully saturated rings. The summed E-state index contributed by atoms with van der Waals surface area (Å²) in [4.78, 5) is 11.4. The molecule has 164 valence electrons. The highest BCUT2D eigenvalue weighted by Crippen LogP contribution is 2.53. The zero-order chi connectivity index (χ0) is 22.9. The van der Waals surface area contributed by atoms with Gasteiger partial charge in [0, 0.05) is 86.7 Å². The predicted molar refractivity (Wildman–Crippen MR) is 150 cm³/mol. The van der Waals surface area contributed by atoms with Crippen LogP contribution in [-0.4, -0.2) is 15.0 Å². The molecule has 11 rings (SSSR count). The summed E-state index contributed by atoms with van der Waals surface area (Å²) < 4.78 is 6.95. The van der Waals surface area contributed by atoms with Crippen molar-refractivity contribution in [3.05, 3.63) is 72.8 Å². The number of nitrogens with one attached hydrogen (secondary N) is 3. The van der Waals surface area contributed by atoms with Crippen LogP contribution in [0.5, 0.6) is 0 Å². The van der Waals surface area contributed by atoms with Gasteiger partial charge in [0.1, 0.15) is 11.2 Å². The van der Waals surface area contributed by atoms with Crippen molar-refractivity contribution in [3.8, 4) is 0 Å². The molecule has 0 aliphatic heterocycles. The third-order valence-corrected chi connectivity index (χ3v) is 8.74. The predicted octanol–water partition coefficient (Wildman–Crippen LogP) is 9.11. The molecule has 0 bridgehead atoms. The van der Waals surface area contributed by atoms with Crippen molar-refractivity contribution in [1.29, 1.82) is 0 Å². The largest absolute Gasteiger partial charge is 0.455 e. The molecule has 11 aromatic rings. The summed E-state index contributed by atoms with van der Waals surface area (Å²) in [5, 5.41) is 14.8. The number of benzene rings is 6. The number of fused-ring (bicyclic) bond motifs is 6. The lowest BCUT2D eigenvalue weighted by Crippen LogP contribution is -1.82. The minimum atomic E-state index is 0.976. The molecule has 0 saturated heterocycles. The lowest BCUT2D eigenvalue weighted by atomic mass is 9.91. The number of furan rings is 1. The number of hydrogen-bond acceptors (Lipinski definition) is 1. The molecule has 0 amide bonds. The van der Waals surface area contributed by atoms with E-state index in [1.165, 1.54) is 87.0 Å². The van der Waals surface area contributed by atoms with Gasteiger partial charge < -0.3 is 19.4 Å². The summed E-state index contributed by atoms with van der Waals surface area (Å²) in [5.41, 5.74) is 9.00. The summed E-state index contributed by atoms with van der Waals surface area (Å²) in [7, 11) is 0. The minimum Gasteiger partial charge on any atom is -0.455 e. The minimum absolute atomic E-state index is 0.976. The molecule has 7 aromatic carbocycles. The van der Waals surface area contributed by atoms with E-state index in [-0.39, 0.29) is 0 Å². The molecule has 0 aliphatic rings. The average Bonchev–Trinajstić information content (AvgIpc) is 3.66. The Balaban J connectivity index is 1.72. The molecule has 0 spiro atoms. The zero-order valence-electron chi connectivity index (χ0n) is 18.8. The van der Waals surface area contributed by atoms with Crippen LogP contribution in [-0.2, 0) is 0 Å². The molecule has 4 heteroatoms. The monoisotopic (exact) mass is 457 g/mol. The van der Waals surface area contributed by atoms with Crippen LogP contribution in [0.15, 0.2) is 77.2 Å². The van der Waals surface area contributed by atoms with E-state index in [9.17, 15) is 0 Å². The first-order valence-corrected chi connectivity index (χ1v) is 12.4. The van der Waals surface area contributed by atoms with Gasteiger partial charge in [-0.15, -0.1) is 0 Å². The Bertz CT molecular complexity index is 2510. The Morgan fingerprint density at radius 2 is 0.750 bits per heavy atom. The van der Waals surface area contributed by atoms with Gasteiger partial charge in [-0.05, 0) is 24.3 Å². The van der Waals surface area contributed by atoms with Crippen molar-refractivity contribution in [2.45, 2.75) is 0 Å². The Kier molecular flexibility index (Phi) is 2.32. The van der Waals surface area contributed by atoms with E-state index in [2.05, 4.69) is 87.7 Å². The van der Waals surface area contributed by atoms with E-state index in [1.54, 1.807) is 0 Å². The molecular formula is C32H15N3O. The maximum atomic E-state index is 6.95. The molecule has 36 heavy (non-hydrogen) atoms. The molecule has 4 heterocycles. The van der Waals surface area contributed by atoms with Gasteiger partial charge in [-0.25, -0.2) is 0 Å². The van der Waals surface area contributed by atoms with Crippen molar-refractivity contribution in [2.75, 3.05) is 0 Å². The second-order valence-electron chi connectivity index (χ2n) is 10.3. The van der Waals surface area contributed by atoms with Crippen molar-refractivity contribution in [3.63, 3.8) is 0 Å². The number of hydrogen-bond donors (Lipinski definition) is 3. The van der Waals surface area contributed by atoms with Gasteiger partial charge in [0.25, 0.3) is 0 Å². The van der Waals surface area contributed by atoms with Crippen LogP contribution in [0.4, 0.5) is 0 Å². The molecule has 4 aromatic heterocycles. The molecule has 4 nitrogen and oxygen atoms in total. The molecule has 0 saturated carbocycles. The highest BCUT2D eigenvalue weighted by atomic mass is 16.3. The molecule has 0 unspecified atom stereocenters. The van der Waals surface area contributed by atoms with Crippen LogP contribution in [0, 0.1) is 0 Å². The van der Waals surface area contributed by atoms with Gasteiger partial charge >= 0.3 is 0 Å². The highest BCUT2D eigenvalue weighted by molar-refractivity contribution is 6.49. The maximum Gasteiger partial charge on any atom is 0.144 e. The molecule has 0 atom stereocenters. The third kappa shape index (κ3) is 1.51. The third-order valence-electron chi connectivity index (χ3n) is 8.74. The lowest BCUT2D eigenvalue weighted by Gasteiger charge is -2.07. The Morgan fingerprint density at radius 1 is 0.361 bits per heavy atom. The van der Waals surface area contributed by atoms with Gasteiger partial charge in [-0.3, -0.25) is 0 Å². The first-order valence-electron chi connectivity index (χ1n) is 12.4. The standard InChI is InChI=1S/C32H15N3O/c1-3-7-15-13(5-1)29-25-23-19(34-29)11-9-17-21(23)22-18(33-17)10-12-20-24(22)26-28-27(25)31(15)36-32(28)16-8-4-2-6-14(16)30(26)35-20/h1-12,33-35H. The first kappa shape index (κ1) is 16.6. The van der Waals surface area contributed by atoms with Crippen LogP contribution in [0.25, 0.3) is 109 Å². The first-order chi connectivity index (χ1) is 17.9. The van der Waals surface area contributed by atoms with Crippen LogP contribution in [0.2, 0.25) is 0 Å². The van der Waals surface area contributed by atoms with Crippen LogP contribution in [0.1, 0.15) is 0 Å². The number of rotatable bonds is 0. The van der Waals surface area contributed by atoms with Gasteiger partial charge in [0.15, 0.2) is 0 Å². The van der Waals surface area contributed by atoms with Gasteiger partial charge in [0.05, 0.1) is 11.0 Å². The van der Waals surface area contributed by atoms with Crippen LogP contribution in [0.3, 0.4) is 0 Å². The molecule has 3 N–H and O–H groups in total. The van der Waals surface area contributed by atoms with Crippen molar-refractivity contribution in [2.24, 2.45) is 0 Å². The summed E-state index contributed by atoms with van der Waals surface area (Å²) in [6.45, 7) is 0. The Labute approximate surface area is 201 Å². The Morgan fingerprint density at radius 3 is 1.22 bits per heavy atom. The summed E-state index contributed by atoms with van der Waals surface area (Å²) >= 11 is 0. The molecular weight excluding hydrogens is 442 g/mol. The summed E-state index contributed by atoms with van der Waals surface area (Å²) in [6, 6.07) is 26.2. The number of aromatic nitrogens is 3. The smallest absolute Gasteiger partial charge is 0.144 e. The number of H-pyrrole nitrogens is 3. The summed E-state index contributed by atoms with van der Waals surface area (Å²) in [5.74, 6) is 0. The Hall–Kier alpha value is -4.96. The van der Waals surface area contributed by atoms with E-state index >= 15 is 0 Å². The fourth-order valence-electron chi connectivity index (χ4n) is 7.44. The van der Waals surface area contributed by atoms with E-state index in [0.29, 0.717) is 0 Å². The maximum absolute atomic E-state index is 6.95. The molecule has 0 radical (unpaired) electrons. The second-order valence-corrected chi connectivity index (χ2v) is 10.3. The second kappa shape index (κ2) is 5.02. The summed E-state index contributed by atoms with van der Waals surface area (Å²) in [6.07, 6.45) is 0. The van der Waals surface area contributed by atoms with E-state index in [0.717, 1.165) is 21.9 Å². The van der Waals surface area contributed by atoms with Crippen LogP contribution >= 0.6 is 0 Å². The number of aromatic amines is 3. The SMILES string of the molecule is c1ccc2c(c1)c1[nH]c3ccc4[nH]c5ccc6[nH]c7c8ccccc8c8oc2c2c1c3c4c5c6c7c82. The average molecular weight is 457 g/mol. The normalized spacial score (nSPS) is 13.6. The topological polar surface area (TPSA) is 60.5 Å². The lowest BCUT2D eigenvalue weighted by molar-refractivity contribution is 0.677. The highest BCUT2D eigenvalue weighted by Gasteiger charge is 2.28. The van der Waals surface area contributed by atoms with Gasteiger partial charge in [0.2, 0.25) is 0 Å². The van der Waals surface area contributed by atoms with Gasteiger partial charge in [-0.2, -0.15) is 0 Å². The molecule has 0 aliphatic carbocycles. The zero-order valence-corrected chi connectivity index (χ0v) is 18.8. The van der Waals surface area contributed by atoms with Crippen LogP contribution < -0.4 is 0 Å². The van der Waals surface area contributed by atoms with E-state index < -0.39 is 0 Å². The van der Waals surface area contributed by atoms with E-state index in [1.807, 2.05) is 0 Å². The van der Waals surface area contributed by atoms with E-state index in [4.69, 9.17) is 4.42 Å². The fourth-order valence-corrected chi connectivity index (χ4v) is 7.44. The van der Waals surface area contributed by atoms with Gasteiger partial charge in [-0.1, -0.05) is 48.5 Å². The quantitative estimate of drug-likeness (QED) is 0.209. The van der Waals surface area contributed by atoms with Crippen molar-refractivity contribution >= 4 is 109 Å². The fraction of sp³-hybridized carbons (Fsp3) is 0. The van der Waals surface area contributed by atoms with Crippen molar-refractivity contribution in [1.82, 2.24) is 15.0 Å². The van der Waals surface area contributed by atoms with Crippen molar-refractivity contribution < 1.29 is 4.42 Å².